The molecule has 2 atom stereocenters. The third-order valence-electron chi connectivity index (χ3n) is 8.17. The average Bonchev–Trinajstić information content (AvgIpc) is 3.12. The van der Waals surface area contributed by atoms with Crippen LogP contribution >= 0.6 is 0 Å². The molecule has 34 heavy (non-hydrogen) atoms. The van der Waals surface area contributed by atoms with Crippen molar-refractivity contribution in [2.75, 3.05) is 77.8 Å². The zero-order valence-corrected chi connectivity index (χ0v) is 21.1. The highest BCUT2D eigenvalue weighted by Gasteiger charge is 2.43. The van der Waals surface area contributed by atoms with E-state index in [-0.39, 0.29) is 5.91 Å². The number of likely N-dealkylation sites (tertiary alicyclic amines) is 1. The zero-order valence-electron chi connectivity index (χ0n) is 21.1. The largest absolute Gasteiger partial charge is 0.385 e. The van der Waals surface area contributed by atoms with Gasteiger partial charge in [0.1, 0.15) is 0 Å². The average molecular weight is 467 g/mol. The van der Waals surface area contributed by atoms with Crippen LogP contribution in [0.25, 0.3) is 0 Å². The Balaban J connectivity index is 1.12. The molecule has 2 saturated heterocycles. The van der Waals surface area contributed by atoms with Gasteiger partial charge >= 0.3 is 0 Å². The van der Waals surface area contributed by atoms with Crippen LogP contribution in [0.1, 0.15) is 38.2 Å². The predicted octanol–water partition coefficient (Wildman–Crippen LogP) is 2.56. The SMILES string of the molecule is CC(=O)N1CCN(CCCN(C)C2C3CCC2CN(CCCNc2ccc(C#N)cc2)C3)CC1. The summed E-state index contributed by atoms with van der Waals surface area (Å²) in [7, 11) is 2.35. The Morgan fingerprint density at radius 2 is 1.68 bits per heavy atom. The molecule has 0 aromatic heterocycles. The number of rotatable bonds is 10. The van der Waals surface area contributed by atoms with Crippen molar-refractivity contribution in [1.82, 2.24) is 19.6 Å². The van der Waals surface area contributed by atoms with Crippen LogP contribution in [0.3, 0.4) is 0 Å². The van der Waals surface area contributed by atoms with Crippen molar-refractivity contribution >= 4 is 11.6 Å². The lowest BCUT2D eigenvalue weighted by atomic mass is 9.90. The van der Waals surface area contributed by atoms with Gasteiger partial charge in [0.15, 0.2) is 0 Å². The molecule has 1 aliphatic carbocycles. The van der Waals surface area contributed by atoms with Gasteiger partial charge in [-0.3, -0.25) is 9.69 Å². The second-order valence-corrected chi connectivity index (χ2v) is 10.5. The summed E-state index contributed by atoms with van der Waals surface area (Å²) >= 11 is 0. The van der Waals surface area contributed by atoms with Crippen LogP contribution in [-0.4, -0.2) is 104 Å². The van der Waals surface area contributed by atoms with E-state index in [1.54, 1.807) is 6.92 Å². The van der Waals surface area contributed by atoms with E-state index in [0.717, 1.165) is 69.3 Å². The fourth-order valence-corrected chi connectivity index (χ4v) is 6.37. The molecule has 7 heteroatoms. The van der Waals surface area contributed by atoms with Gasteiger partial charge in [-0.1, -0.05) is 0 Å². The molecular formula is C27H42N6O. The van der Waals surface area contributed by atoms with E-state index in [1.807, 2.05) is 29.2 Å². The van der Waals surface area contributed by atoms with E-state index in [2.05, 4.69) is 33.1 Å². The number of nitrogens with one attached hydrogen (secondary N) is 1. The summed E-state index contributed by atoms with van der Waals surface area (Å²) in [5.74, 6) is 1.84. The van der Waals surface area contributed by atoms with Gasteiger partial charge < -0.3 is 20.0 Å². The molecule has 3 aliphatic rings. The van der Waals surface area contributed by atoms with Gasteiger partial charge in [0.2, 0.25) is 5.91 Å². The number of carbonyl (C=O) groups excluding carboxylic acids is 1. The van der Waals surface area contributed by atoms with Gasteiger partial charge in [-0.05, 0) is 88.5 Å². The van der Waals surface area contributed by atoms with Crippen LogP contribution in [-0.2, 0) is 4.79 Å². The molecule has 4 rings (SSSR count). The molecule has 1 aromatic rings. The van der Waals surface area contributed by atoms with Gasteiger partial charge in [-0.2, -0.15) is 5.26 Å². The molecule has 2 bridgehead atoms. The Labute approximate surface area is 205 Å². The summed E-state index contributed by atoms with van der Waals surface area (Å²) in [4.78, 5) is 21.4. The van der Waals surface area contributed by atoms with Crippen molar-refractivity contribution in [3.63, 3.8) is 0 Å². The number of nitrogens with zero attached hydrogens (tertiary/aromatic N) is 5. The smallest absolute Gasteiger partial charge is 0.219 e. The van der Waals surface area contributed by atoms with Gasteiger partial charge in [0.05, 0.1) is 11.6 Å². The maximum Gasteiger partial charge on any atom is 0.219 e. The molecule has 1 N–H and O–H groups in total. The first-order valence-corrected chi connectivity index (χ1v) is 13.2. The number of nitriles is 1. The quantitative estimate of drug-likeness (QED) is 0.535. The normalized spacial score (nSPS) is 25.5. The highest BCUT2D eigenvalue weighted by molar-refractivity contribution is 5.73. The highest BCUT2D eigenvalue weighted by atomic mass is 16.2. The molecule has 2 heterocycles. The minimum absolute atomic E-state index is 0.212. The Morgan fingerprint density at radius 3 is 2.29 bits per heavy atom. The minimum atomic E-state index is 0.212. The maximum absolute atomic E-state index is 11.5. The third-order valence-corrected chi connectivity index (χ3v) is 8.17. The molecule has 0 spiro atoms. The number of fused-ring (bicyclic) bond motifs is 2. The van der Waals surface area contributed by atoms with E-state index in [4.69, 9.17) is 5.26 Å². The van der Waals surface area contributed by atoms with Crippen molar-refractivity contribution in [1.29, 1.82) is 5.26 Å². The molecule has 186 valence electrons. The summed E-state index contributed by atoms with van der Waals surface area (Å²) in [6, 6.07) is 10.6. The van der Waals surface area contributed by atoms with Crippen molar-refractivity contribution in [2.45, 2.75) is 38.6 Å². The topological polar surface area (TPSA) is 65.9 Å². The van der Waals surface area contributed by atoms with Crippen LogP contribution in [0.5, 0.6) is 0 Å². The number of benzene rings is 1. The first-order valence-electron chi connectivity index (χ1n) is 13.2. The van der Waals surface area contributed by atoms with Crippen molar-refractivity contribution in [3.8, 4) is 6.07 Å². The Bertz CT molecular complexity index is 815. The molecule has 1 aromatic carbocycles. The van der Waals surface area contributed by atoms with Crippen LogP contribution < -0.4 is 5.32 Å². The van der Waals surface area contributed by atoms with Crippen molar-refractivity contribution in [2.24, 2.45) is 11.8 Å². The summed E-state index contributed by atoms with van der Waals surface area (Å²) in [6.45, 7) is 12.5. The predicted molar refractivity (Wildman–Crippen MR) is 137 cm³/mol. The molecule has 0 radical (unpaired) electrons. The molecule has 1 amide bonds. The van der Waals surface area contributed by atoms with E-state index >= 15 is 0 Å². The third kappa shape index (κ3) is 6.50. The van der Waals surface area contributed by atoms with Crippen LogP contribution in [0.15, 0.2) is 24.3 Å². The number of hydrogen-bond acceptors (Lipinski definition) is 6. The van der Waals surface area contributed by atoms with Gasteiger partial charge in [-0.25, -0.2) is 0 Å². The summed E-state index contributed by atoms with van der Waals surface area (Å²) in [6.07, 6.45) is 5.13. The van der Waals surface area contributed by atoms with Crippen molar-refractivity contribution < 1.29 is 4.79 Å². The Morgan fingerprint density at radius 1 is 1.03 bits per heavy atom. The standard InChI is InChI=1S/C27H42N6O/c1-22(34)33-17-15-31(16-18-33)14-4-12-30(2)27-24-7-8-25(27)21-32(20-24)13-3-11-29-26-9-5-23(19-28)6-10-26/h5-6,9-10,24-25,27,29H,3-4,7-8,11-18,20-21H2,1-2H3. The maximum atomic E-state index is 11.5. The minimum Gasteiger partial charge on any atom is -0.385 e. The van der Waals surface area contributed by atoms with Crippen LogP contribution in [0, 0.1) is 23.2 Å². The summed E-state index contributed by atoms with van der Waals surface area (Å²) in [5, 5.41) is 12.4. The van der Waals surface area contributed by atoms with Gasteiger partial charge in [-0.15, -0.1) is 0 Å². The van der Waals surface area contributed by atoms with Gasteiger partial charge in [0.25, 0.3) is 0 Å². The van der Waals surface area contributed by atoms with Crippen LogP contribution in [0.4, 0.5) is 5.69 Å². The number of hydrogen-bond donors (Lipinski definition) is 1. The van der Waals surface area contributed by atoms with Crippen molar-refractivity contribution in [3.05, 3.63) is 29.8 Å². The lowest BCUT2D eigenvalue weighted by Crippen LogP contribution is -2.52. The molecule has 1 saturated carbocycles. The second-order valence-electron chi connectivity index (χ2n) is 10.5. The number of piperidine rings is 1. The fraction of sp³-hybridized carbons (Fsp3) is 0.704. The van der Waals surface area contributed by atoms with E-state index in [9.17, 15) is 4.79 Å². The highest BCUT2D eigenvalue weighted by Crippen LogP contribution is 2.39. The van der Waals surface area contributed by atoms with E-state index < -0.39 is 0 Å². The number of amides is 1. The molecule has 7 nitrogen and oxygen atoms in total. The Hall–Kier alpha value is -2.14. The summed E-state index contributed by atoms with van der Waals surface area (Å²) < 4.78 is 0. The second kappa shape index (κ2) is 12.0. The molecule has 2 aliphatic heterocycles. The Kier molecular flexibility index (Phi) is 8.82. The fourth-order valence-electron chi connectivity index (χ4n) is 6.37. The van der Waals surface area contributed by atoms with Crippen LogP contribution in [0.2, 0.25) is 0 Å². The zero-order chi connectivity index (χ0) is 23.9. The lowest BCUT2D eigenvalue weighted by Gasteiger charge is -2.43. The first kappa shape index (κ1) is 25.0. The number of carbonyl (C=O) groups is 1. The first-order chi connectivity index (χ1) is 16.5. The monoisotopic (exact) mass is 466 g/mol. The number of piperazine rings is 1. The molecule has 2 unspecified atom stereocenters. The van der Waals surface area contributed by atoms with E-state index in [1.165, 1.54) is 45.4 Å². The lowest BCUT2D eigenvalue weighted by molar-refractivity contribution is -0.130. The molecule has 3 fully saturated rings. The number of anilines is 1. The molecular weight excluding hydrogens is 424 g/mol. The van der Waals surface area contributed by atoms with Gasteiger partial charge in [0, 0.05) is 64.5 Å². The van der Waals surface area contributed by atoms with E-state index in [0.29, 0.717) is 5.56 Å². The summed E-state index contributed by atoms with van der Waals surface area (Å²) in [5.41, 5.74) is 1.81.